The standard InChI is InChI=1S/C22H42N2O.C9H7N.ClH/c1-3-5-6-7-8-9-10-11-12-13-14-15-16-17-18-19-22-23-20-21-24(22)25-4-2;1-2-6-9-8(4-1)5-3-7-10-9;/h20-21H,3-19H2,1-2H3;1-7H;1H. The molecule has 1 aromatic carbocycles. The van der Waals surface area contributed by atoms with Gasteiger partial charge >= 0.3 is 0 Å². The summed E-state index contributed by atoms with van der Waals surface area (Å²) in [6, 6.07) is 12.1. The molecule has 2 heterocycles. The average molecular weight is 516 g/mol. The molecule has 3 aromatic rings. The first-order valence-corrected chi connectivity index (χ1v) is 14.3. The summed E-state index contributed by atoms with van der Waals surface area (Å²) in [5, 5.41) is 1.20. The molecule has 0 unspecified atom stereocenters. The van der Waals surface area contributed by atoms with Crippen molar-refractivity contribution in [1.82, 2.24) is 14.7 Å². The van der Waals surface area contributed by atoms with E-state index in [1.165, 1.54) is 102 Å². The number of hydrogen-bond donors (Lipinski definition) is 0. The van der Waals surface area contributed by atoms with Crippen LogP contribution in [0.1, 0.15) is 116 Å². The van der Waals surface area contributed by atoms with Crippen LogP contribution < -0.4 is 4.84 Å². The van der Waals surface area contributed by atoms with Gasteiger partial charge in [-0.25, -0.2) is 4.98 Å². The molecule has 0 fully saturated rings. The zero-order valence-electron chi connectivity index (χ0n) is 22.9. The second-order valence-corrected chi connectivity index (χ2v) is 9.48. The number of benzene rings is 1. The van der Waals surface area contributed by atoms with Crippen molar-refractivity contribution in [3.8, 4) is 0 Å². The Bertz CT molecular complexity index is 817. The molecule has 5 heteroatoms. The topological polar surface area (TPSA) is 39.9 Å². The first-order valence-electron chi connectivity index (χ1n) is 14.3. The summed E-state index contributed by atoms with van der Waals surface area (Å²) in [5.41, 5.74) is 1.06. The molecule has 0 aliphatic carbocycles. The lowest BCUT2D eigenvalue weighted by Crippen LogP contribution is -2.13. The summed E-state index contributed by atoms with van der Waals surface area (Å²) in [5.74, 6) is 1.07. The minimum absolute atomic E-state index is 0. The lowest BCUT2D eigenvalue weighted by atomic mass is 10.0. The second-order valence-electron chi connectivity index (χ2n) is 9.48. The Morgan fingerprint density at radius 3 is 1.78 bits per heavy atom. The van der Waals surface area contributed by atoms with Crippen LogP contribution in [0.5, 0.6) is 0 Å². The maximum absolute atomic E-state index is 5.51. The second kappa shape index (κ2) is 22.2. The average Bonchev–Trinajstić information content (AvgIpc) is 3.34. The highest BCUT2D eigenvalue weighted by molar-refractivity contribution is 5.85. The summed E-state index contributed by atoms with van der Waals surface area (Å²) >= 11 is 0. The number of rotatable bonds is 18. The smallest absolute Gasteiger partial charge is 0.144 e. The summed E-state index contributed by atoms with van der Waals surface area (Å²) in [7, 11) is 0. The summed E-state index contributed by atoms with van der Waals surface area (Å²) in [6.45, 7) is 5.00. The maximum atomic E-state index is 5.51. The number of fused-ring (bicyclic) bond motifs is 1. The monoisotopic (exact) mass is 515 g/mol. The van der Waals surface area contributed by atoms with Crippen LogP contribution in [0.15, 0.2) is 55.0 Å². The number of unbranched alkanes of at least 4 members (excludes halogenated alkanes) is 14. The first kappa shape index (κ1) is 32.0. The molecule has 0 amide bonds. The minimum Gasteiger partial charge on any atom is -0.413 e. The highest BCUT2D eigenvalue weighted by atomic mass is 35.5. The Morgan fingerprint density at radius 1 is 0.639 bits per heavy atom. The fraction of sp³-hybridized carbons (Fsp3) is 0.613. The summed E-state index contributed by atoms with van der Waals surface area (Å²) in [6.07, 6.45) is 27.7. The zero-order valence-corrected chi connectivity index (χ0v) is 23.7. The number of aryl methyl sites for hydroxylation is 1. The highest BCUT2D eigenvalue weighted by Gasteiger charge is 2.02. The van der Waals surface area contributed by atoms with Crippen molar-refractivity contribution in [2.45, 2.75) is 117 Å². The van der Waals surface area contributed by atoms with E-state index < -0.39 is 0 Å². The van der Waals surface area contributed by atoms with Crippen LogP contribution in [0.4, 0.5) is 0 Å². The number of hydrogen-bond acceptors (Lipinski definition) is 3. The molecular formula is C31H50ClN3O. The van der Waals surface area contributed by atoms with Gasteiger partial charge in [-0.3, -0.25) is 4.98 Å². The number of pyridine rings is 1. The van der Waals surface area contributed by atoms with Crippen molar-refractivity contribution in [1.29, 1.82) is 0 Å². The van der Waals surface area contributed by atoms with Crippen molar-refractivity contribution < 1.29 is 4.84 Å². The molecule has 202 valence electrons. The molecule has 0 saturated carbocycles. The molecule has 0 spiro atoms. The van der Waals surface area contributed by atoms with Crippen molar-refractivity contribution in [3.05, 3.63) is 60.8 Å². The third-order valence-corrected chi connectivity index (χ3v) is 6.46. The van der Waals surface area contributed by atoms with Gasteiger partial charge in [0, 0.05) is 24.2 Å². The molecule has 0 radical (unpaired) electrons. The van der Waals surface area contributed by atoms with Crippen molar-refractivity contribution in [3.63, 3.8) is 0 Å². The molecule has 3 rings (SSSR count). The fourth-order valence-electron chi connectivity index (χ4n) is 4.42. The quantitative estimate of drug-likeness (QED) is 0.158. The first-order chi connectivity index (χ1) is 17.3. The van der Waals surface area contributed by atoms with Crippen molar-refractivity contribution >= 4 is 23.3 Å². The number of para-hydroxylation sites is 1. The van der Waals surface area contributed by atoms with Gasteiger partial charge in [0.2, 0.25) is 0 Å². The van der Waals surface area contributed by atoms with Gasteiger partial charge in [0.25, 0.3) is 0 Å². The molecule has 0 bridgehead atoms. The zero-order chi connectivity index (χ0) is 24.8. The Hall–Kier alpha value is -2.07. The van der Waals surface area contributed by atoms with Gasteiger partial charge in [-0.1, -0.05) is 121 Å². The predicted octanol–water partition coefficient (Wildman–Crippen LogP) is 9.40. The van der Waals surface area contributed by atoms with Gasteiger partial charge in [0.1, 0.15) is 12.4 Å². The molecule has 0 aliphatic rings. The van der Waals surface area contributed by atoms with Gasteiger partial charge in [-0.05, 0) is 25.5 Å². The number of aromatic nitrogens is 3. The van der Waals surface area contributed by atoms with Crippen molar-refractivity contribution in [2.75, 3.05) is 6.61 Å². The molecule has 0 saturated heterocycles. The highest BCUT2D eigenvalue weighted by Crippen LogP contribution is 2.14. The van der Waals surface area contributed by atoms with Gasteiger partial charge in [0.15, 0.2) is 0 Å². The van der Waals surface area contributed by atoms with E-state index in [0.717, 1.165) is 17.8 Å². The van der Waals surface area contributed by atoms with E-state index in [2.05, 4.69) is 29.0 Å². The summed E-state index contributed by atoms with van der Waals surface area (Å²) in [4.78, 5) is 14.1. The van der Waals surface area contributed by atoms with Gasteiger partial charge in [-0.2, -0.15) is 4.73 Å². The van der Waals surface area contributed by atoms with E-state index in [4.69, 9.17) is 4.84 Å². The van der Waals surface area contributed by atoms with E-state index in [1.807, 2.05) is 54.5 Å². The van der Waals surface area contributed by atoms with E-state index >= 15 is 0 Å². The van der Waals surface area contributed by atoms with E-state index in [0.29, 0.717) is 6.61 Å². The number of imidazole rings is 1. The van der Waals surface area contributed by atoms with Crippen LogP contribution in [0, 0.1) is 0 Å². The fourth-order valence-corrected chi connectivity index (χ4v) is 4.42. The van der Waals surface area contributed by atoms with Gasteiger partial charge in [-0.15, -0.1) is 12.4 Å². The van der Waals surface area contributed by atoms with Crippen LogP contribution in [0.3, 0.4) is 0 Å². The lowest BCUT2D eigenvalue weighted by Gasteiger charge is -2.07. The van der Waals surface area contributed by atoms with Gasteiger partial charge in [0.05, 0.1) is 11.7 Å². The number of nitrogens with zero attached hydrogens (tertiary/aromatic N) is 3. The van der Waals surface area contributed by atoms with Crippen molar-refractivity contribution in [2.24, 2.45) is 0 Å². The molecule has 2 aromatic heterocycles. The molecule has 4 nitrogen and oxygen atoms in total. The molecule has 36 heavy (non-hydrogen) atoms. The van der Waals surface area contributed by atoms with E-state index in [1.54, 1.807) is 0 Å². The Morgan fingerprint density at radius 2 is 1.19 bits per heavy atom. The number of halogens is 1. The molecule has 0 aliphatic heterocycles. The largest absolute Gasteiger partial charge is 0.413 e. The Balaban J connectivity index is 0.000000485. The van der Waals surface area contributed by atoms with Crippen LogP contribution in [-0.4, -0.2) is 21.3 Å². The predicted molar refractivity (Wildman–Crippen MR) is 157 cm³/mol. The maximum Gasteiger partial charge on any atom is 0.144 e. The van der Waals surface area contributed by atoms with Crippen LogP contribution in [0.2, 0.25) is 0 Å². The normalized spacial score (nSPS) is 10.5. The minimum atomic E-state index is 0. The van der Waals surface area contributed by atoms with E-state index in [-0.39, 0.29) is 12.4 Å². The third-order valence-electron chi connectivity index (χ3n) is 6.46. The molecule has 0 atom stereocenters. The van der Waals surface area contributed by atoms with Crippen LogP contribution in [0.25, 0.3) is 10.9 Å². The van der Waals surface area contributed by atoms with Crippen LogP contribution in [-0.2, 0) is 6.42 Å². The molecular weight excluding hydrogens is 466 g/mol. The van der Waals surface area contributed by atoms with Gasteiger partial charge < -0.3 is 4.84 Å². The Kier molecular flexibility index (Phi) is 19.7. The molecule has 0 N–H and O–H groups in total. The lowest BCUT2D eigenvalue weighted by molar-refractivity contribution is 0.114. The van der Waals surface area contributed by atoms with Crippen LogP contribution >= 0.6 is 12.4 Å². The third kappa shape index (κ3) is 14.5. The Labute approximate surface area is 226 Å². The van der Waals surface area contributed by atoms with E-state index in [9.17, 15) is 0 Å². The SMILES string of the molecule is CCCCCCCCCCCCCCCCCc1nccn1OCC.Cl.c1ccc2ncccc2c1. The summed E-state index contributed by atoms with van der Waals surface area (Å²) < 4.78 is 1.82.